The standard InChI is InChI=1S/C13H23N3O/c1-12(11-17-3)14-8-9-16(2)10-13-6-4-5-7-15-13/h4-7,12,14H,8-11H2,1-3H3. The van der Waals surface area contributed by atoms with Crippen molar-refractivity contribution in [2.75, 3.05) is 33.9 Å². The van der Waals surface area contributed by atoms with Crippen molar-refractivity contribution in [2.24, 2.45) is 0 Å². The number of nitrogens with zero attached hydrogens (tertiary/aromatic N) is 2. The summed E-state index contributed by atoms with van der Waals surface area (Å²) in [6.07, 6.45) is 1.84. The maximum absolute atomic E-state index is 5.07. The predicted molar refractivity (Wildman–Crippen MR) is 69.9 cm³/mol. The van der Waals surface area contributed by atoms with Crippen LogP contribution in [-0.4, -0.2) is 49.8 Å². The minimum absolute atomic E-state index is 0.406. The topological polar surface area (TPSA) is 37.4 Å². The Hall–Kier alpha value is -0.970. The summed E-state index contributed by atoms with van der Waals surface area (Å²) in [5.41, 5.74) is 1.11. The zero-order chi connectivity index (χ0) is 12.5. The number of aromatic nitrogens is 1. The summed E-state index contributed by atoms with van der Waals surface area (Å²) in [6.45, 7) is 5.74. The molecule has 1 N–H and O–H groups in total. The summed E-state index contributed by atoms with van der Waals surface area (Å²) in [4.78, 5) is 6.57. The van der Waals surface area contributed by atoms with E-state index in [1.807, 2.05) is 18.3 Å². The third-order valence-electron chi connectivity index (χ3n) is 2.56. The molecule has 0 bridgehead atoms. The van der Waals surface area contributed by atoms with Gasteiger partial charge in [0, 0.05) is 39.0 Å². The van der Waals surface area contributed by atoms with Crippen LogP contribution in [0.15, 0.2) is 24.4 Å². The lowest BCUT2D eigenvalue weighted by Crippen LogP contribution is -2.36. The van der Waals surface area contributed by atoms with Crippen molar-refractivity contribution in [3.05, 3.63) is 30.1 Å². The molecule has 0 amide bonds. The van der Waals surface area contributed by atoms with Gasteiger partial charge in [0.05, 0.1) is 12.3 Å². The molecule has 0 aromatic carbocycles. The first-order valence-electron chi connectivity index (χ1n) is 6.03. The van der Waals surface area contributed by atoms with Crippen molar-refractivity contribution in [2.45, 2.75) is 19.5 Å². The van der Waals surface area contributed by atoms with E-state index in [1.54, 1.807) is 7.11 Å². The van der Waals surface area contributed by atoms with Crippen molar-refractivity contribution in [1.29, 1.82) is 0 Å². The molecular weight excluding hydrogens is 214 g/mol. The first kappa shape index (κ1) is 14.1. The average Bonchev–Trinajstić information content (AvgIpc) is 2.30. The summed E-state index contributed by atoms with van der Waals surface area (Å²) in [6, 6.07) is 6.42. The van der Waals surface area contributed by atoms with Gasteiger partial charge >= 0.3 is 0 Å². The second-order valence-electron chi connectivity index (χ2n) is 4.37. The minimum atomic E-state index is 0.406. The monoisotopic (exact) mass is 237 g/mol. The molecule has 4 nitrogen and oxygen atoms in total. The van der Waals surface area contributed by atoms with Gasteiger partial charge in [-0.25, -0.2) is 0 Å². The SMILES string of the molecule is COCC(C)NCCN(C)Cc1ccccn1. The normalized spacial score (nSPS) is 12.9. The molecule has 17 heavy (non-hydrogen) atoms. The molecule has 0 fully saturated rings. The van der Waals surface area contributed by atoms with Gasteiger partial charge in [0.15, 0.2) is 0 Å². The fraction of sp³-hybridized carbons (Fsp3) is 0.615. The Labute approximate surface area is 104 Å². The molecule has 4 heteroatoms. The molecule has 96 valence electrons. The summed E-state index contributed by atoms with van der Waals surface area (Å²) < 4.78 is 5.07. The Kier molecular flexibility index (Phi) is 6.77. The van der Waals surface area contributed by atoms with E-state index >= 15 is 0 Å². The first-order chi connectivity index (χ1) is 8.22. The van der Waals surface area contributed by atoms with Gasteiger partial charge in [-0.2, -0.15) is 0 Å². The number of hydrogen-bond acceptors (Lipinski definition) is 4. The zero-order valence-corrected chi connectivity index (χ0v) is 11.0. The van der Waals surface area contributed by atoms with Crippen molar-refractivity contribution in [3.8, 4) is 0 Å². The number of methoxy groups -OCH3 is 1. The van der Waals surface area contributed by atoms with Crippen LogP contribution in [0.25, 0.3) is 0 Å². The Morgan fingerprint density at radius 1 is 1.47 bits per heavy atom. The van der Waals surface area contributed by atoms with Gasteiger partial charge in [0.25, 0.3) is 0 Å². The molecule has 0 aliphatic rings. The molecule has 0 aliphatic heterocycles. The summed E-state index contributed by atoms with van der Waals surface area (Å²) in [5, 5.41) is 3.41. The molecule has 1 heterocycles. The highest BCUT2D eigenvalue weighted by Gasteiger charge is 2.03. The second-order valence-corrected chi connectivity index (χ2v) is 4.37. The van der Waals surface area contributed by atoms with E-state index in [-0.39, 0.29) is 0 Å². The Morgan fingerprint density at radius 2 is 2.29 bits per heavy atom. The van der Waals surface area contributed by atoms with E-state index in [0.717, 1.165) is 31.9 Å². The summed E-state index contributed by atoms with van der Waals surface area (Å²) >= 11 is 0. The molecule has 1 aromatic heterocycles. The van der Waals surface area contributed by atoms with Crippen molar-refractivity contribution in [1.82, 2.24) is 15.2 Å². The lowest BCUT2D eigenvalue weighted by molar-refractivity contribution is 0.170. The molecule has 1 unspecified atom stereocenters. The van der Waals surface area contributed by atoms with Gasteiger partial charge in [0.1, 0.15) is 0 Å². The van der Waals surface area contributed by atoms with Crippen LogP contribution < -0.4 is 5.32 Å². The van der Waals surface area contributed by atoms with E-state index in [0.29, 0.717) is 6.04 Å². The molecular formula is C13H23N3O. The van der Waals surface area contributed by atoms with Gasteiger partial charge in [-0.1, -0.05) is 6.07 Å². The number of rotatable bonds is 8. The van der Waals surface area contributed by atoms with Crippen LogP contribution in [0.1, 0.15) is 12.6 Å². The van der Waals surface area contributed by atoms with Crippen LogP contribution in [0.5, 0.6) is 0 Å². The maximum atomic E-state index is 5.07. The van der Waals surface area contributed by atoms with Crippen LogP contribution >= 0.6 is 0 Å². The van der Waals surface area contributed by atoms with Crippen molar-refractivity contribution < 1.29 is 4.74 Å². The third kappa shape index (κ3) is 6.36. The molecule has 0 radical (unpaired) electrons. The van der Waals surface area contributed by atoms with Gasteiger partial charge in [-0.05, 0) is 26.1 Å². The number of likely N-dealkylation sites (N-methyl/N-ethyl adjacent to an activating group) is 1. The second kappa shape index (κ2) is 8.17. The lowest BCUT2D eigenvalue weighted by Gasteiger charge is -2.18. The quantitative estimate of drug-likeness (QED) is 0.735. The highest BCUT2D eigenvalue weighted by atomic mass is 16.5. The molecule has 1 rings (SSSR count). The van der Waals surface area contributed by atoms with Crippen LogP contribution in [0.2, 0.25) is 0 Å². The summed E-state index contributed by atoms with van der Waals surface area (Å²) in [7, 11) is 3.84. The number of hydrogen-bond donors (Lipinski definition) is 1. The van der Waals surface area contributed by atoms with Crippen LogP contribution in [0.4, 0.5) is 0 Å². The van der Waals surface area contributed by atoms with Gasteiger partial charge in [-0.3, -0.25) is 9.88 Å². The summed E-state index contributed by atoms with van der Waals surface area (Å²) in [5.74, 6) is 0. The van der Waals surface area contributed by atoms with E-state index < -0.39 is 0 Å². The molecule has 1 aromatic rings. The van der Waals surface area contributed by atoms with Gasteiger partial charge in [0.2, 0.25) is 0 Å². The molecule has 0 aliphatic carbocycles. The average molecular weight is 237 g/mol. The number of pyridine rings is 1. The zero-order valence-electron chi connectivity index (χ0n) is 11.0. The van der Waals surface area contributed by atoms with Crippen molar-refractivity contribution in [3.63, 3.8) is 0 Å². The van der Waals surface area contributed by atoms with E-state index in [1.165, 1.54) is 0 Å². The van der Waals surface area contributed by atoms with Crippen LogP contribution in [-0.2, 0) is 11.3 Å². The Bertz CT molecular complexity index is 292. The van der Waals surface area contributed by atoms with Gasteiger partial charge in [-0.15, -0.1) is 0 Å². The predicted octanol–water partition coefficient (Wildman–Crippen LogP) is 1.14. The fourth-order valence-corrected chi connectivity index (χ4v) is 1.66. The first-order valence-corrected chi connectivity index (χ1v) is 6.03. The number of nitrogens with one attached hydrogen (secondary N) is 1. The maximum Gasteiger partial charge on any atom is 0.0613 e. The molecule has 0 saturated carbocycles. The highest BCUT2D eigenvalue weighted by molar-refractivity contribution is 5.02. The molecule has 0 saturated heterocycles. The van der Waals surface area contributed by atoms with E-state index in [2.05, 4.69) is 35.2 Å². The molecule has 0 spiro atoms. The van der Waals surface area contributed by atoms with Crippen LogP contribution in [0, 0.1) is 0 Å². The lowest BCUT2D eigenvalue weighted by atomic mass is 10.3. The third-order valence-corrected chi connectivity index (χ3v) is 2.56. The molecule has 1 atom stereocenters. The van der Waals surface area contributed by atoms with E-state index in [4.69, 9.17) is 4.74 Å². The Morgan fingerprint density at radius 3 is 2.94 bits per heavy atom. The van der Waals surface area contributed by atoms with Crippen molar-refractivity contribution >= 4 is 0 Å². The Balaban J connectivity index is 2.15. The minimum Gasteiger partial charge on any atom is -0.383 e. The van der Waals surface area contributed by atoms with Gasteiger partial charge < -0.3 is 10.1 Å². The van der Waals surface area contributed by atoms with E-state index in [9.17, 15) is 0 Å². The number of ether oxygens (including phenoxy) is 1. The fourth-order valence-electron chi connectivity index (χ4n) is 1.66. The smallest absolute Gasteiger partial charge is 0.0613 e. The largest absolute Gasteiger partial charge is 0.383 e. The van der Waals surface area contributed by atoms with Crippen LogP contribution in [0.3, 0.4) is 0 Å². The highest BCUT2D eigenvalue weighted by Crippen LogP contribution is 1.97.